The van der Waals surface area contributed by atoms with E-state index in [1.807, 2.05) is 34.6 Å². The molecule has 21 nitrogen and oxygen atoms in total. The van der Waals surface area contributed by atoms with E-state index >= 15 is 0 Å². The second-order valence-corrected chi connectivity index (χ2v) is 20.6. The number of amides is 11. The van der Waals surface area contributed by atoms with Gasteiger partial charge in [0.15, 0.2) is 0 Å². The summed E-state index contributed by atoms with van der Waals surface area (Å²) in [5, 5.41) is 21.3. The number of hydrogen-bond acceptors (Lipinski definition) is 11. The third kappa shape index (κ3) is 18.6. The highest BCUT2D eigenvalue weighted by atomic mass is 16.3. The van der Waals surface area contributed by atoms with Gasteiger partial charge in [-0.1, -0.05) is 68.9 Å². The predicted octanol–water partition coefficient (Wildman–Crippen LogP) is 1.92. The second kappa shape index (κ2) is 28.3. The maximum absolute atomic E-state index is 14.3. The molecular weight excluding hydrogens is 905 g/mol. The van der Waals surface area contributed by atoms with Crippen LogP contribution in [0.4, 0.5) is 4.79 Å². The van der Waals surface area contributed by atoms with E-state index in [4.69, 9.17) is 0 Å². The maximum atomic E-state index is 14.3. The molecule has 0 spiro atoms. The molecule has 0 rings (SSSR count). The highest BCUT2D eigenvalue weighted by molar-refractivity contribution is 6.02. The minimum absolute atomic E-state index is 0.106. The molecule has 0 aromatic carbocycles. The lowest BCUT2D eigenvalue weighted by atomic mass is 9.95. The fraction of sp³-hybridized carbons (Fsp3) is 0.755. The quantitative estimate of drug-likeness (QED) is 0.0783. The van der Waals surface area contributed by atoms with E-state index in [1.165, 1.54) is 86.8 Å². The van der Waals surface area contributed by atoms with Crippen LogP contribution in [0, 0.1) is 23.7 Å². The van der Waals surface area contributed by atoms with Crippen LogP contribution in [0.3, 0.4) is 0 Å². The van der Waals surface area contributed by atoms with Gasteiger partial charge in [-0.25, -0.2) is 4.79 Å². The Bertz CT molecular complexity index is 1880. The molecule has 0 aromatic heterocycles. The Morgan fingerprint density at radius 3 is 1.47 bits per heavy atom. The lowest BCUT2D eigenvalue weighted by molar-refractivity contribution is -0.146. The minimum atomic E-state index is -1.46. The molecule has 0 fully saturated rings. The van der Waals surface area contributed by atoms with Crippen LogP contribution in [0.25, 0.3) is 0 Å². The number of likely N-dealkylation sites (N-methyl/N-ethyl adjacent to an activating group) is 7. The molecule has 0 radical (unpaired) electrons. The summed E-state index contributed by atoms with van der Waals surface area (Å²) in [5.41, 5.74) is -1.64. The summed E-state index contributed by atoms with van der Waals surface area (Å²) in [6, 6.07) is -8.87. The number of imide groups is 1. The van der Waals surface area contributed by atoms with Crippen molar-refractivity contribution < 1.29 is 53.1 Å². The van der Waals surface area contributed by atoms with E-state index in [-0.39, 0.29) is 55.0 Å². The van der Waals surface area contributed by atoms with Gasteiger partial charge in [0.05, 0.1) is 5.60 Å². The molecule has 11 amide bonds. The number of aliphatic hydroxyl groups is 1. The standard InChI is InChI=1S/C49H88N10O11/c1-22-23-37(60)54(16)33(12)45(66)57(19)36(26-49(13,14)70)42(63)53-38(29(6)7)47(68)55(17)34(24-27(2)3)41(62)51-31(10)40(61)52-32(11)44(65)56(18)35(25-28(4)5)46(67)59(21)48(69)58(20)39(30(8)9)43(64)50-15/h27-32,34-36,38-39,70H,12,22-26H2,1-11,13-21H3,(H,50,64)(H,51,62)(H,52,61)(H,53,63)/t31-,32+,34+,35-,36-,38-,39-/m0/s1. The fourth-order valence-electron chi connectivity index (χ4n) is 7.78. The first-order valence-corrected chi connectivity index (χ1v) is 24.2. The summed E-state index contributed by atoms with van der Waals surface area (Å²) in [4.78, 5) is 143. The van der Waals surface area contributed by atoms with E-state index in [0.717, 1.165) is 19.6 Å². The Labute approximate surface area is 417 Å². The minimum Gasteiger partial charge on any atom is -0.390 e. The van der Waals surface area contributed by atoms with Gasteiger partial charge in [-0.2, -0.15) is 0 Å². The van der Waals surface area contributed by atoms with E-state index in [0.29, 0.717) is 6.42 Å². The number of nitrogens with zero attached hydrogens (tertiary/aromatic N) is 6. The average molecular weight is 993 g/mol. The Hall–Kier alpha value is -5.60. The molecule has 0 aliphatic heterocycles. The molecule has 70 heavy (non-hydrogen) atoms. The molecule has 0 aromatic rings. The number of carbonyl (C=O) groups excluding carboxylic acids is 10. The summed E-state index contributed by atoms with van der Waals surface area (Å²) >= 11 is 0. The van der Waals surface area contributed by atoms with Gasteiger partial charge in [-0.3, -0.25) is 48.1 Å². The van der Waals surface area contributed by atoms with E-state index < -0.39 is 107 Å². The summed E-state index contributed by atoms with van der Waals surface area (Å²) in [5.74, 6) is -6.78. The van der Waals surface area contributed by atoms with Gasteiger partial charge in [-0.15, -0.1) is 0 Å². The highest BCUT2D eigenvalue weighted by Crippen LogP contribution is 2.21. The number of urea groups is 1. The van der Waals surface area contributed by atoms with Crippen molar-refractivity contribution in [3.8, 4) is 0 Å². The molecule has 400 valence electrons. The van der Waals surface area contributed by atoms with Gasteiger partial charge in [0, 0.05) is 62.2 Å². The first kappa shape index (κ1) is 64.4. The zero-order chi connectivity index (χ0) is 55.0. The van der Waals surface area contributed by atoms with Crippen molar-refractivity contribution in [1.29, 1.82) is 0 Å². The Morgan fingerprint density at radius 2 is 1.03 bits per heavy atom. The van der Waals surface area contributed by atoms with Crippen LogP contribution in [-0.4, -0.2) is 191 Å². The molecule has 5 N–H and O–H groups in total. The summed E-state index contributed by atoms with van der Waals surface area (Å²) < 4.78 is 0. The first-order chi connectivity index (χ1) is 32.0. The number of hydrogen-bond donors (Lipinski definition) is 5. The van der Waals surface area contributed by atoms with Gasteiger partial charge in [-0.05, 0) is 70.6 Å². The molecule has 0 saturated carbocycles. The van der Waals surface area contributed by atoms with Crippen LogP contribution in [0.2, 0.25) is 0 Å². The molecule has 0 saturated heterocycles. The van der Waals surface area contributed by atoms with E-state index in [2.05, 4.69) is 27.8 Å². The van der Waals surface area contributed by atoms with Crippen LogP contribution < -0.4 is 21.3 Å². The monoisotopic (exact) mass is 993 g/mol. The topological polar surface area (TPSA) is 258 Å². The van der Waals surface area contributed by atoms with Crippen molar-refractivity contribution in [2.75, 3.05) is 49.3 Å². The smallest absolute Gasteiger partial charge is 0.326 e. The predicted molar refractivity (Wildman–Crippen MR) is 267 cm³/mol. The molecule has 0 bridgehead atoms. The normalized spacial score (nSPS) is 14.5. The highest BCUT2D eigenvalue weighted by Gasteiger charge is 2.41. The summed E-state index contributed by atoms with van der Waals surface area (Å²) in [6.45, 7) is 25.6. The van der Waals surface area contributed by atoms with Crippen LogP contribution >= 0.6 is 0 Å². The van der Waals surface area contributed by atoms with Crippen molar-refractivity contribution >= 4 is 59.2 Å². The van der Waals surface area contributed by atoms with Crippen LogP contribution in [-0.2, 0) is 43.2 Å². The Kier molecular flexibility index (Phi) is 26.0. The third-order valence-corrected chi connectivity index (χ3v) is 12.1. The van der Waals surface area contributed by atoms with Crippen LogP contribution in [0.15, 0.2) is 12.3 Å². The molecule has 0 aliphatic rings. The van der Waals surface area contributed by atoms with Gasteiger partial charge in [0.2, 0.25) is 41.4 Å². The second-order valence-electron chi connectivity index (χ2n) is 20.6. The van der Waals surface area contributed by atoms with Crippen molar-refractivity contribution in [3.63, 3.8) is 0 Å². The van der Waals surface area contributed by atoms with E-state index in [9.17, 15) is 53.1 Å². The third-order valence-electron chi connectivity index (χ3n) is 12.1. The Balaban J connectivity index is 6.42. The number of nitrogens with one attached hydrogen (secondary N) is 4. The van der Waals surface area contributed by atoms with Crippen molar-refractivity contribution in [1.82, 2.24) is 50.7 Å². The van der Waals surface area contributed by atoms with Gasteiger partial charge < -0.3 is 50.9 Å². The molecule has 21 heteroatoms. The van der Waals surface area contributed by atoms with Gasteiger partial charge >= 0.3 is 6.03 Å². The van der Waals surface area contributed by atoms with Crippen molar-refractivity contribution in [2.45, 2.75) is 170 Å². The zero-order valence-electron chi connectivity index (χ0n) is 45.8. The van der Waals surface area contributed by atoms with Gasteiger partial charge in [0.25, 0.3) is 11.8 Å². The largest absolute Gasteiger partial charge is 0.390 e. The molecule has 0 unspecified atom stereocenters. The number of rotatable bonds is 26. The van der Waals surface area contributed by atoms with Crippen molar-refractivity contribution in [3.05, 3.63) is 12.3 Å². The molecular formula is C49H88N10O11. The lowest BCUT2D eigenvalue weighted by Gasteiger charge is -2.36. The SMILES string of the molecule is C=C(C(=O)N(C)[C@@H](CC(C)(C)O)C(=O)N[C@H](C(=O)N(C)[C@H](CC(C)C)C(=O)N[C@@H](C)C(=O)N[C@H](C)C(=O)N(C)[C@@H](CC(C)C)C(=O)N(C)C(=O)N(C)[C@H](C(=O)NC)C(C)C)C(C)C)N(C)C(=O)CCC. The van der Waals surface area contributed by atoms with E-state index in [1.54, 1.807) is 27.7 Å². The maximum Gasteiger partial charge on any atom is 0.326 e. The van der Waals surface area contributed by atoms with Crippen LogP contribution in [0.5, 0.6) is 0 Å². The molecule has 0 heterocycles. The summed E-state index contributed by atoms with van der Waals surface area (Å²) in [6.07, 6.45) is 0.769. The number of carbonyl (C=O) groups is 10. The summed E-state index contributed by atoms with van der Waals surface area (Å²) in [7, 11) is 9.67. The average Bonchev–Trinajstić information content (AvgIpc) is 3.27. The molecule has 7 atom stereocenters. The van der Waals surface area contributed by atoms with Crippen molar-refractivity contribution in [2.24, 2.45) is 23.7 Å². The zero-order valence-corrected chi connectivity index (χ0v) is 45.8. The fourth-order valence-corrected chi connectivity index (χ4v) is 7.78. The Morgan fingerprint density at radius 1 is 0.557 bits per heavy atom. The van der Waals surface area contributed by atoms with Gasteiger partial charge in [0.1, 0.15) is 48.0 Å². The lowest BCUT2D eigenvalue weighted by Crippen LogP contribution is -2.61. The first-order valence-electron chi connectivity index (χ1n) is 24.2. The molecule has 0 aliphatic carbocycles. The van der Waals surface area contributed by atoms with Crippen LogP contribution in [0.1, 0.15) is 122 Å².